The van der Waals surface area contributed by atoms with Crippen molar-refractivity contribution in [3.63, 3.8) is 0 Å². The molecule has 0 radical (unpaired) electrons. The number of nitrogens with zero attached hydrogens (tertiary/aromatic N) is 1. The molecule has 3 rings (SSSR count). The summed E-state index contributed by atoms with van der Waals surface area (Å²) in [6.07, 6.45) is 1.02. The van der Waals surface area contributed by atoms with Crippen molar-refractivity contribution in [3.8, 4) is 5.75 Å². The summed E-state index contributed by atoms with van der Waals surface area (Å²) in [7, 11) is 1.64. The van der Waals surface area contributed by atoms with Crippen molar-refractivity contribution in [1.82, 2.24) is 10.2 Å². The molecule has 0 aliphatic carbocycles. The summed E-state index contributed by atoms with van der Waals surface area (Å²) in [5, 5.41) is 3.41. The normalized spacial score (nSPS) is 16.4. The maximum Gasteiger partial charge on any atom is 0.254 e. The first-order valence-electron chi connectivity index (χ1n) is 9.55. The highest BCUT2D eigenvalue weighted by Crippen LogP contribution is 2.25. The van der Waals surface area contributed by atoms with E-state index >= 15 is 0 Å². The van der Waals surface area contributed by atoms with Crippen LogP contribution in [0.15, 0.2) is 48.5 Å². The molecule has 0 spiro atoms. The molecular formula is C22H29ClN2O3. The summed E-state index contributed by atoms with van der Waals surface area (Å²) < 4.78 is 10.6. The largest absolute Gasteiger partial charge is 0.491 e. The number of hydrogen-bond donors (Lipinski definition) is 1. The third-order valence-corrected chi connectivity index (χ3v) is 4.93. The zero-order valence-corrected chi connectivity index (χ0v) is 17.3. The Morgan fingerprint density at radius 3 is 2.46 bits per heavy atom. The van der Waals surface area contributed by atoms with Crippen LogP contribution in [-0.2, 0) is 11.2 Å². The van der Waals surface area contributed by atoms with E-state index < -0.39 is 0 Å². The molecule has 1 saturated heterocycles. The number of amides is 1. The fraction of sp³-hybridized carbons (Fsp3) is 0.409. The number of piperazine rings is 1. The zero-order valence-electron chi connectivity index (χ0n) is 16.5. The SMILES string of the molecule is CCc1ccc(C2CNCCN2C(=O)c2ccc(OCCOC)cc2)cc1.Cl. The minimum atomic E-state index is 0. The van der Waals surface area contributed by atoms with Gasteiger partial charge in [0.25, 0.3) is 5.91 Å². The average Bonchev–Trinajstić information content (AvgIpc) is 2.74. The lowest BCUT2D eigenvalue weighted by Crippen LogP contribution is -2.48. The van der Waals surface area contributed by atoms with Crippen LogP contribution in [0.3, 0.4) is 0 Å². The molecule has 1 heterocycles. The van der Waals surface area contributed by atoms with Gasteiger partial charge in [-0.2, -0.15) is 0 Å². The Bertz CT molecular complexity index is 734. The highest BCUT2D eigenvalue weighted by atomic mass is 35.5. The van der Waals surface area contributed by atoms with Gasteiger partial charge < -0.3 is 19.7 Å². The Kier molecular flexibility index (Phi) is 8.77. The van der Waals surface area contributed by atoms with Gasteiger partial charge in [0.2, 0.25) is 0 Å². The molecule has 1 fully saturated rings. The summed E-state index contributed by atoms with van der Waals surface area (Å²) in [6, 6.07) is 16.0. The van der Waals surface area contributed by atoms with Gasteiger partial charge in [-0.3, -0.25) is 4.79 Å². The lowest BCUT2D eigenvalue weighted by atomic mass is 10.00. The fourth-order valence-corrected chi connectivity index (χ4v) is 3.32. The van der Waals surface area contributed by atoms with E-state index in [0.29, 0.717) is 25.3 Å². The molecule has 28 heavy (non-hydrogen) atoms. The van der Waals surface area contributed by atoms with Gasteiger partial charge in [0, 0.05) is 32.3 Å². The Balaban J connectivity index is 0.00000280. The molecule has 1 unspecified atom stereocenters. The van der Waals surface area contributed by atoms with Crippen molar-refractivity contribution in [2.24, 2.45) is 0 Å². The van der Waals surface area contributed by atoms with E-state index in [1.54, 1.807) is 7.11 Å². The molecule has 6 heteroatoms. The number of carbonyl (C=O) groups is 1. The van der Waals surface area contributed by atoms with Crippen LogP contribution < -0.4 is 10.1 Å². The molecule has 0 bridgehead atoms. The first-order valence-corrected chi connectivity index (χ1v) is 9.55. The molecule has 0 aromatic heterocycles. The van der Waals surface area contributed by atoms with Gasteiger partial charge in [-0.05, 0) is 41.8 Å². The molecule has 1 N–H and O–H groups in total. The van der Waals surface area contributed by atoms with Crippen molar-refractivity contribution in [1.29, 1.82) is 0 Å². The molecule has 2 aromatic rings. The van der Waals surface area contributed by atoms with Gasteiger partial charge in [-0.15, -0.1) is 12.4 Å². The Hall–Kier alpha value is -2.08. The molecule has 1 aliphatic heterocycles. The third kappa shape index (κ3) is 5.47. The van der Waals surface area contributed by atoms with Crippen LogP contribution in [0, 0.1) is 0 Å². The van der Waals surface area contributed by atoms with E-state index in [1.165, 1.54) is 11.1 Å². The fourth-order valence-electron chi connectivity index (χ4n) is 3.32. The van der Waals surface area contributed by atoms with Crippen molar-refractivity contribution in [2.45, 2.75) is 19.4 Å². The zero-order chi connectivity index (χ0) is 19.1. The monoisotopic (exact) mass is 404 g/mol. The predicted molar refractivity (Wildman–Crippen MR) is 114 cm³/mol. The topological polar surface area (TPSA) is 50.8 Å². The van der Waals surface area contributed by atoms with Crippen LogP contribution in [0.2, 0.25) is 0 Å². The smallest absolute Gasteiger partial charge is 0.254 e. The first-order chi connectivity index (χ1) is 13.2. The van der Waals surface area contributed by atoms with Crippen LogP contribution in [0.25, 0.3) is 0 Å². The maximum absolute atomic E-state index is 13.1. The van der Waals surface area contributed by atoms with Gasteiger partial charge in [0.05, 0.1) is 12.6 Å². The molecule has 152 valence electrons. The number of rotatable bonds is 7. The van der Waals surface area contributed by atoms with Crippen LogP contribution in [0.5, 0.6) is 5.75 Å². The number of ether oxygens (including phenoxy) is 2. The van der Waals surface area contributed by atoms with E-state index in [2.05, 4.69) is 36.5 Å². The lowest BCUT2D eigenvalue weighted by molar-refractivity contribution is 0.0634. The van der Waals surface area contributed by atoms with E-state index in [0.717, 1.165) is 25.3 Å². The Labute approximate surface area is 173 Å². The minimum Gasteiger partial charge on any atom is -0.491 e. The van der Waals surface area contributed by atoms with Crippen LogP contribution in [-0.4, -0.2) is 50.8 Å². The predicted octanol–water partition coefficient (Wildman–Crippen LogP) is 3.48. The molecule has 1 aliphatic rings. The molecule has 1 amide bonds. The second-order valence-corrected chi connectivity index (χ2v) is 6.68. The highest BCUT2D eigenvalue weighted by Gasteiger charge is 2.28. The number of carbonyl (C=O) groups excluding carboxylic acids is 1. The van der Waals surface area contributed by atoms with Crippen molar-refractivity contribution >= 4 is 18.3 Å². The van der Waals surface area contributed by atoms with Crippen LogP contribution >= 0.6 is 12.4 Å². The molecule has 1 atom stereocenters. The van der Waals surface area contributed by atoms with Gasteiger partial charge in [0.1, 0.15) is 12.4 Å². The van der Waals surface area contributed by atoms with E-state index in [1.807, 2.05) is 29.2 Å². The summed E-state index contributed by atoms with van der Waals surface area (Å²) in [4.78, 5) is 15.1. The first kappa shape index (κ1) is 22.2. The van der Waals surface area contributed by atoms with E-state index in [9.17, 15) is 4.79 Å². The average molecular weight is 405 g/mol. The van der Waals surface area contributed by atoms with Gasteiger partial charge >= 0.3 is 0 Å². The quantitative estimate of drug-likeness (QED) is 0.718. The Morgan fingerprint density at radius 2 is 1.82 bits per heavy atom. The van der Waals surface area contributed by atoms with Crippen LogP contribution in [0.4, 0.5) is 0 Å². The second-order valence-electron chi connectivity index (χ2n) is 6.68. The second kappa shape index (κ2) is 11.1. The number of halogens is 1. The van der Waals surface area contributed by atoms with Crippen LogP contribution in [0.1, 0.15) is 34.5 Å². The summed E-state index contributed by atoms with van der Waals surface area (Å²) >= 11 is 0. The van der Waals surface area contributed by atoms with Crippen molar-refractivity contribution in [2.75, 3.05) is 40.0 Å². The number of benzene rings is 2. The number of methoxy groups -OCH3 is 1. The number of hydrogen-bond acceptors (Lipinski definition) is 4. The van der Waals surface area contributed by atoms with E-state index in [4.69, 9.17) is 9.47 Å². The minimum absolute atomic E-state index is 0. The summed E-state index contributed by atoms with van der Waals surface area (Å²) in [5.41, 5.74) is 3.17. The summed E-state index contributed by atoms with van der Waals surface area (Å²) in [6.45, 7) is 5.47. The van der Waals surface area contributed by atoms with Gasteiger partial charge in [0.15, 0.2) is 0 Å². The highest BCUT2D eigenvalue weighted by molar-refractivity contribution is 5.94. The van der Waals surface area contributed by atoms with Crippen molar-refractivity contribution < 1.29 is 14.3 Å². The van der Waals surface area contributed by atoms with Gasteiger partial charge in [-0.25, -0.2) is 0 Å². The Morgan fingerprint density at radius 1 is 1.11 bits per heavy atom. The number of nitrogens with one attached hydrogen (secondary N) is 1. The molecule has 5 nitrogen and oxygen atoms in total. The molecule has 0 saturated carbocycles. The number of aryl methyl sites for hydroxylation is 1. The molecule has 2 aromatic carbocycles. The molecular weight excluding hydrogens is 376 g/mol. The summed E-state index contributed by atoms with van der Waals surface area (Å²) in [5.74, 6) is 0.806. The third-order valence-electron chi connectivity index (χ3n) is 4.93. The maximum atomic E-state index is 13.1. The standard InChI is InChI=1S/C22H28N2O3.ClH/c1-3-17-4-6-18(7-5-17)21-16-23-12-13-24(21)22(25)19-8-10-20(11-9-19)27-15-14-26-2;/h4-11,21,23H,3,12-16H2,1-2H3;1H. The lowest BCUT2D eigenvalue weighted by Gasteiger charge is -2.36. The van der Waals surface area contributed by atoms with E-state index in [-0.39, 0.29) is 24.4 Å². The van der Waals surface area contributed by atoms with Gasteiger partial charge in [-0.1, -0.05) is 31.2 Å². The van der Waals surface area contributed by atoms with Crippen molar-refractivity contribution in [3.05, 3.63) is 65.2 Å².